The first-order chi connectivity index (χ1) is 14.0. The zero-order chi connectivity index (χ0) is 20.4. The second-order valence-corrected chi connectivity index (χ2v) is 8.52. The molecule has 0 bridgehead atoms. The Balaban J connectivity index is 0.00000256. The van der Waals surface area contributed by atoms with Gasteiger partial charge in [-0.3, -0.25) is 4.31 Å². The van der Waals surface area contributed by atoms with Crippen molar-refractivity contribution in [3.05, 3.63) is 78.6 Å². The van der Waals surface area contributed by atoms with E-state index in [1.807, 2.05) is 49.5 Å². The number of fused-ring (bicyclic) bond motifs is 1. The van der Waals surface area contributed by atoms with Crippen LogP contribution in [0.1, 0.15) is 6.42 Å². The first-order valence-corrected chi connectivity index (χ1v) is 10.9. The van der Waals surface area contributed by atoms with Crippen LogP contribution in [0.5, 0.6) is 0 Å². The summed E-state index contributed by atoms with van der Waals surface area (Å²) in [5.41, 5.74) is 2.88. The highest BCUT2D eigenvalue weighted by Crippen LogP contribution is 2.47. The molecule has 158 valence electrons. The van der Waals surface area contributed by atoms with Crippen molar-refractivity contribution in [3.8, 4) is 11.1 Å². The van der Waals surface area contributed by atoms with Gasteiger partial charge < -0.3 is 5.32 Å². The van der Waals surface area contributed by atoms with Gasteiger partial charge in [0.2, 0.25) is 0 Å². The summed E-state index contributed by atoms with van der Waals surface area (Å²) in [6, 6.07) is 21.2. The van der Waals surface area contributed by atoms with Crippen molar-refractivity contribution in [2.45, 2.75) is 6.42 Å². The number of hydrogen-bond acceptors (Lipinski definition) is 3. The molecule has 1 aliphatic heterocycles. The highest BCUT2D eigenvalue weighted by molar-refractivity contribution is 7.95. The third-order valence-corrected chi connectivity index (χ3v) is 6.73. The zero-order valence-electron chi connectivity index (χ0n) is 16.5. The van der Waals surface area contributed by atoms with Crippen molar-refractivity contribution in [1.82, 2.24) is 5.32 Å². The van der Waals surface area contributed by atoms with Crippen molar-refractivity contribution in [2.24, 2.45) is 0 Å². The number of nitrogens with one attached hydrogen (secondary N) is 1. The van der Waals surface area contributed by atoms with Gasteiger partial charge in [0.1, 0.15) is 5.82 Å². The monoisotopic (exact) mass is 447 g/mol. The van der Waals surface area contributed by atoms with Gasteiger partial charge in [0.25, 0.3) is 0 Å². The molecule has 0 saturated carbocycles. The Kier molecular flexibility index (Phi) is 6.65. The van der Waals surface area contributed by atoms with Crippen LogP contribution in [0.4, 0.5) is 21.5 Å². The van der Waals surface area contributed by atoms with Gasteiger partial charge in [0, 0.05) is 6.54 Å². The summed E-state index contributed by atoms with van der Waals surface area (Å²) in [6.45, 7) is 0.995. The Morgan fingerprint density at radius 1 is 0.867 bits per heavy atom. The molecule has 0 unspecified atom stereocenters. The molecule has 5 nitrogen and oxygen atoms in total. The van der Waals surface area contributed by atoms with Crippen molar-refractivity contribution in [3.63, 3.8) is 0 Å². The van der Waals surface area contributed by atoms with E-state index in [9.17, 15) is 12.8 Å². The molecule has 3 aromatic carbocycles. The van der Waals surface area contributed by atoms with Gasteiger partial charge in [-0.2, -0.15) is 8.42 Å². The molecular formula is C22H23ClFN3O2S. The summed E-state index contributed by atoms with van der Waals surface area (Å²) in [4.78, 5) is 0. The highest BCUT2D eigenvalue weighted by atomic mass is 35.5. The summed E-state index contributed by atoms with van der Waals surface area (Å²) >= 11 is 0. The van der Waals surface area contributed by atoms with Gasteiger partial charge in [0.15, 0.2) is 0 Å². The molecule has 0 aliphatic carbocycles. The van der Waals surface area contributed by atoms with E-state index in [-0.39, 0.29) is 18.1 Å². The van der Waals surface area contributed by atoms with Crippen LogP contribution in [0.2, 0.25) is 0 Å². The molecule has 1 aliphatic rings. The number of anilines is 3. The molecule has 30 heavy (non-hydrogen) atoms. The third-order valence-electron chi connectivity index (χ3n) is 4.94. The Morgan fingerprint density at radius 2 is 1.57 bits per heavy atom. The van der Waals surface area contributed by atoms with Crippen molar-refractivity contribution >= 4 is 39.7 Å². The number of halogens is 2. The molecule has 0 amide bonds. The van der Waals surface area contributed by atoms with Gasteiger partial charge in [0.05, 0.1) is 17.1 Å². The Hall–Kier alpha value is -2.61. The number of hydrogen-bond donors (Lipinski definition) is 1. The van der Waals surface area contributed by atoms with E-state index in [4.69, 9.17) is 0 Å². The van der Waals surface area contributed by atoms with Crippen LogP contribution in [-0.4, -0.2) is 28.6 Å². The maximum Gasteiger partial charge on any atom is 0.331 e. The number of para-hydroxylation sites is 1. The van der Waals surface area contributed by atoms with Crippen LogP contribution >= 0.6 is 12.4 Å². The zero-order valence-corrected chi connectivity index (χ0v) is 18.1. The summed E-state index contributed by atoms with van der Waals surface area (Å²) in [5, 5.41) is 3.03. The summed E-state index contributed by atoms with van der Waals surface area (Å²) in [7, 11) is -2.12. The average Bonchev–Trinajstić information content (AvgIpc) is 2.95. The maximum atomic E-state index is 14.6. The van der Waals surface area contributed by atoms with Crippen molar-refractivity contribution in [2.75, 3.05) is 28.7 Å². The molecule has 8 heteroatoms. The molecule has 0 aromatic heterocycles. The predicted octanol–water partition coefficient (Wildman–Crippen LogP) is 4.73. The van der Waals surface area contributed by atoms with Gasteiger partial charge in [-0.15, -0.1) is 12.4 Å². The first-order valence-electron chi connectivity index (χ1n) is 9.45. The number of nitrogens with zero attached hydrogens (tertiary/aromatic N) is 2. The molecule has 0 radical (unpaired) electrons. The van der Waals surface area contributed by atoms with Crippen LogP contribution in [0, 0.1) is 5.82 Å². The fourth-order valence-electron chi connectivity index (χ4n) is 3.56. The van der Waals surface area contributed by atoms with Crippen LogP contribution in [-0.2, 0) is 10.2 Å². The molecule has 0 atom stereocenters. The highest BCUT2D eigenvalue weighted by Gasteiger charge is 2.42. The predicted molar refractivity (Wildman–Crippen MR) is 122 cm³/mol. The van der Waals surface area contributed by atoms with E-state index in [0.29, 0.717) is 30.9 Å². The summed E-state index contributed by atoms with van der Waals surface area (Å²) in [5.74, 6) is -0.579. The summed E-state index contributed by atoms with van der Waals surface area (Å²) in [6.07, 6.45) is 0.640. The van der Waals surface area contributed by atoms with Gasteiger partial charge in [-0.25, -0.2) is 8.70 Å². The Labute approximate surface area is 182 Å². The lowest BCUT2D eigenvalue weighted by molar-refractivity contribution is 0.588. The van der Waals surface area contributed by atoms with Crippen LogP contribution in [0.15, 0.2) is 72.8 Å². The third kappa shape index (κ3) is 3.88. The Bertz CT molecular complexity index is 1130. The topological polar surface area (TPSA) is 52.6 Å². The van der Waals surface area contributed by atoms with E-state index in [1.165, 1.54) is 16.4 Å². The molecule has 1 heterocycles. The fourth-order valence-corrected chi connectivity index (χ4v) is 5.31. The van der Waals surface area contributed by atoms with E-state index in [2.05, 4.69) is 5.32 Å². The number of benzene rings is 3. The van der Waals surface area contributed by atoms with E-state index in [1.54, 1.807) is 18.2 Å². The van der Waals surface area contributed by atoms with E-state index >= 15 is 0 Å². The lowest BCUT2D eigenvalue weighted by Gasteiger charge is -2.22. The van der Waals surface area contributed by atoms with Gasteiger partial charge in [-0.05, 0) is 55.4 Å². The molecule has 4 rings (SSSR count). The van der Waals surface area contributed by atoms with Crippen LogP contribution < -0.4 is 13.9 Å². The fraction of sp³-hybridized carbons (Fsp3) is 0.182. The largest absolute Gasteiger partial charge is 0.331 e. The number of rotatable bonds is 6. The molecule has 3 aromatic rings. The Morgan fingerprint density at radius 3 is 2.27 bits per heavy atom. The first kappa shape index (κ1) is 22.1. The molecule has 0 fully saturated rings. The van der Waals surface area contributed by atoms with Crippen LogP contribution in [0.25, 0.3) is 11.1 Å². The minimum atomic E-state index is -3.94. The van der Waals surface area contributed by atoms with Gasteiger partial charge in [-0.1, -0.05) is 48.5 Å². The van der Waals surface area contributed by atoms with Crippen molar-refractivity contribution < 1.29 is 12.8 Å². The molecule has 1 N–H and O–H groups in total. The quantitative estimate of drug-likeness (QED) is 0.556. The lowest BCUT2D eigenvalue weighted by Crippen LogP contribution is -2.37. The van der Waals surface area contributed by atoms with E-state index < -0.39 is 16.0 Å². The van der Waals surface area contributed by atoms with Crippen molar-refractivity contribution in [1.29, 1.82) is 0 Å². The minimum absolute atomic E-state index is 0. The summed E-state index contributed by atoms with van der Waals surface area (Å²) < 4.78 is 43.9. The SMILES string of the molecule is CNCCCN1c2ccc(-c3ccccc3)cc2N(c2ccccc2F)S1(=O)=O.Cl. The average molecular weight is 448 g/mol. The minimum Gasteiger partial charge on any atom is -0.320 e. The molecule has 0 saturated heterocycles. The van der Waals surface area contributed by atoms with Crippen LogP contribution in [0.3, 0.4) is 0 Å². The standard InChI is InChI=1S/C22H22FN3O2S.ClH/c1-24-14-7-15-25-21-13-12-18(17-8-3-2-4-9-17)16-22(21)26(29(25,27)28)20-11-6-5-10-19(20)23;/h2-6,8-13,16,24H,7,14-15H2,1H3;1H. The molecule has 0 spiro atoms. The van der Waals surface area contributed by atoms with Gasteiger partial charge >= 0.3 is 10.2 Å². The normalized spacial score (nSPS) is 14.3. The second-order valence-electron chi connectivity index (χ2n) is 6.82. The smallest absolute Gasteiger partial charge is 0.320 e. The second kappa shape index (κ2) is 9.04. The lowest BCUT2D eigenvalue weighted by atomic mass is 10.0. The van der Waals surface area contributed by atoms with E-state index in [0.717, 1.165) is 15.4 Å². The molecular weight excluding hydrogens is 425 g/mol. The maximum absolute atomic E-state index is 14.6.